The molecule has 0 unspecified atom stereocenters. The van der Waals surface area contributed by atoms with Gasteiger partial charge in [-0.25, -0.2) is 0 Å². The molecular weight excluding hydrogens is 254 g/mol. The Balaban J connectivity index is 2.36. The number of amides is 1. The normalized spacial score (nSPS) is 34.1. The maximum Gasteiger partial charge on any atom is 0.313 e. The van der Waals surface area contributed by atoms with Gasteiger partial charge in [-0.15, -0.1) is 0 Å². The maximum atomic E-state index is 13.1. The second-order valence-corrected chi connectivity index (χ2v) is 6.97. The summed E-state index contributed by atoms with van der Waals surface area (Å²) in [5.41, 5.74) is -1.90. The number of esters is 1. The van der Waals surface area contributed by atoms with Gasteiger partial charge in [-0.05, 0) is 32.6 Å². The molecule has 0 spiro atoms. The van der Waals surface area contributed by atoms with Gasteiger partial charge in [0.1, 0.15) is 0 Å². The highest BCUT2D eigenvalue weighted by Crippen LogP contribution is 2.65. The minimum Gasteiger partial charge on any atom is -0.448 e. The van der Waals surface area contributed by atoms with Crippen molar-refractivity contribution in [3.63, 3.8) is 0 Å². The molecule has 0 radical (unpaired) electrons. The molecule has 1 saturated heterocycles. The molecular formula is C16H27NO3. The van der Waals surface area contributed by atoms with Gasteiger partial charge in [-0.1, -0.05) is 27.7 Å². The summed E-state index contributed by atoms with van der Waals surface area (Å²) in [6.45, 7) is 11.6. The summed E-state index contributed by atoms with van der Waals surface area (Å²) in [6, 6.07) is 0. The van der Waals surface area contributed by atoms with Crippen molar-refractivity contribution in [3.05, 3.63) is 0 Å². The number of carbonyl (C=O) groups excluding carboxylic acids is 2. The summed E-state index contributed by atoms with van der Waals surface area (Å²) in [5.74, 6) is -0.184. The van der Waals surface area contributed by atoms with Gasteiger partial charge in [-0.2, -0.15) is 0 Å². The summed E-state index contributed by atoms with van der Waals surface area (Å²) >= 11 is 0. The van der Waals surface area contributed by atoms with Crippen molar-refractivity contribution >= 4 is 11.9 Å². The second-order valence-electron chi connectivity index (χ2n) is 6.97. The van der Waals surface area contributed by atoms with Crippen LogP contribution < -0.4 is 0 Å². The molecule has 1 amide bonds. The number of carbonyl (C=O) groups is 2. The van der Waals surface area contributed by atoms with E-state index in [9.17, 15) is 9.59 Å². The van der Waals surface area contributed by atoms with Crippen LogP contribution in [0.1, 0.15) is 60.3 Å². The smallest absolute Gasteiger partial charge is 0.313 e. The van der Waals surface area contributed by atoms with Crippen LogP contribution in [-0.2, 0) is 14.3 Å². The quantitative estimate of drug-likeness (QED) is 0.728. The van der Waals surface area contributed by atoms with Gasteiger partial charge in [0.2, 0.25) is 0 Å². The molecule has 4 nitrogen and oxygen atoms in total. The average molecular weight is 281 g/mol. The summed E-state index contributed by atoms with van der Waals surface area (Å²) < 4.78 is 5.67. The average Bonchev–Trinajstić information content (AvgIpc) is 2.68. The third-order valence-corrected chi connectivity index (χ3v) is 5.70. The van der Waals surface area contributed by atoms with Gasteiger partial charge in [0.15, 0.2) is 5.60 Å². The van der Waals surface area contributed by atoms with Crippen molar-refractivity contribution < 1.29 is 14.3 Å². The van der Waals surface area contributed by atoms with Crippen molar-refractivity contribution in [1.82, 2.24) is 4.90 Å². The molecule has 0 aromatic carbocycles. The number of ether oxygens (including phenoxy) is 1. The summed E-state index contributed by atoms with van der Waals surface area (Å²) in [4.78, 5) is 27.2. The molecule has 1 saturated carbocycles. The molecule has 0 aromatic rings. The Morgan fingerprint density at radius 2 is 1.70 bits per heavy atom. The van der Waals surface area contributed by atoms with E-state index in [1.165, 1.54) is 0 Å². The van der Waals surface area contributed by atoms with Crippen LogP contribution in [0.2, 0.25) is 0 Å². The molecule has 1 aliphatic carbocycles. The first-order valence-electron chi connectivity index (χ1n) is 7.79. The van der Waals surface area contributed by atoms with E-state index in [1.54, 1.807) is 0 Å². The largest absolute Gasteiger partial charge is 0.448 e. The first kappa shape index (κ1) is 15.3. The predicted molar refractivity (Wildman–Crippen MR) is 77.1 cm³/mol. The van der Waals surface area contributed by atoms with E-state index in [2.05, 4.69) is 13.8 Å². The van der Waals surface area contributed by atoms with Gasteiger partial charge >= 0.3 is 5.97 Å². The Morgan fingerprint density at radius 3 is 2.05 bits per heavy atom. The fourth-order valence-electron chi connectivity index (χ4n) is 3.83. The van der Waals surface area contributed by atoms with Crippen LogP contribution in [0.3, 0.4) is 0 Å². The second kappa shape index (κ2) is 4.74. The molecule has 114 valence electrons. The molecule has 2 aliphatic rings. The first-order valence-corrected chi connectivity index (χ1v) is 7.79. The van der Waals surface area contributed by atoms with Gasteiger partial charge in [0.05, 0.1) is 5.41 Å². The molecule has 20 heavy (non-hydrogen) atoms. The Bertz CT molecular complexity index is 425. The molecule has 4 heteroatoms. The molecule has 2 bridgehead atoms. The molecule has 0 N–H and O–H groups in total. The van der Waals surface area contributed by atoms with E-state index in [1.807, 2.05) is 25.7 Å². The zero-order valence-corrected chi connectivity index (χ0v) is 13.4. The Hall–Kier alpha value is -1.06. The van der Waals surface area contributed by atoms with Gasteiger partial charge in [0.25, 0.3) is 5.91 Å². The first-order chi connectivity index (χ1) is 9.27. The number of hydrogen-bond acceptors (Lipinski definition) is 3. The van der Waals surface area contributed by atoms with Crippen LogP contribution in [0, 0.1) is 10.8 Å². The standard InChI is InChI=1S/C16H27NO3/c1-6-10-17(11-7-2)12(18)16-9-8-15(5,13(19)20-16)14(16,3)4/h6-11H2,1-5H3/t15-,16+/m1/s1. The summed E-state index contributed by atoms with van der Waals surface area (Å²) in [5, 5.41) is 0. The fraction of sp³-hybridized carbons (Fsp3) is 0.875. The fourth-order valence-corrected chi connectivity index (χ4v) is 3.83. The SMILES string of the molecule is CCCN(CCC)C(=O)[C@]12CC[C@](C)(C(=O)O1)C2(C)C. The number of nitrogens with zero attached hydrogens (tertiary/aromatic N) is 1. The molecule has 0 aromatic heterocycles. The van der Waals surface area contributed by atoms with Crippen molar-refractivity contribution in [3.8, 4) is 0 Å². The molecule has 2 fully saturated rings. The number of hydrogen-bond donors (Lipinski definition) is 0. The van der Waals surface area contributed by atoms with Gasteiger partial charge in [-0.3, -0.25) is 9.59 Å². The minimum absolute atomic E-state index is 0.0146. The molecule has 1 aliphatic heterocycles. The lowest BCUT2D eigenvalue weighted by atomic mass is 9.66. The summed E-state index contributed by atoms with van der Waals surface area (Å²) in [6.07, 6.45) is 3.25. The zero-order valence-electron chi connectivity index (χ0n) is 13.4. The number of rotatable bonds is 5. The van der Waals surface area contributed by atoms with E-state index in [-0.39, 0.29) is 11.9 Å². The zero-order chi connectivity index (χ0) is 15.2. The van der Waals surface area contributed by atoms with Crippen LogP contribution in [-0.4, -0.2) is 35.5 Å². The lowest BCUT2D eigenvalue weighted by molar-refractivity contribution is -0.174. The minimum atomic E-state index is -0.941. The molecule has 1 heterocycles. The van der Waals surface area contributed by atoms with E-state index >= 15 is 0 Å². The van der Waals surface area contributed by atoms with Crippen molar-refractivity contribution in [2.45, 2.75) is 65.9 Å². The highest BCUT2D eigenvalue weighted by Gasteiger charge is 2.76. The third kappa shape index (κ3) is 1.66. The van der Waals surface area contributed by atoms with Crippen LogP contribution in [0.15, 0.2) is 0 Å². The third-order valence-electron chi connectivity index (χ3n) is 5.70. The number of fused-ring (bicyclic) bond motifs is 2. The van der Waals surface area contributed by atoms with Crippen LogP contribution in [0.4, 0.5) is 0 Å². The van der Waals surface area contributed by atoms with Crippen LogP contribution in [0.5, 0.6) is 0 Å². The Kier molecular flexibility index (Phi) is 3.64. The Morgan fingerprint density at radius 1 is 1.15 bits per heavy atom. The lowest BCUT2D eigenvalue weighted by Crippen LogP contribution is -2.55. The van der Waals surface area contributed by atoms with Crippen LogP contribution >= 0.6 is 0 Å². The Labute approximate surface area is 121 Å². The van der Waals surface area contributed by atoms with Crippen molar-refractivity contribution in [2.75, 3.05) is 13.1 Å². The van der Waals surface area contributed by atoms with E-state index in [4.69, 9.17) is 4.74 Å². The highest BCUT2D eigenvalue weighted by atomic mass is 16.6. The summed E-state index contributed by atoms with van der Waals surface area (Å²) in [7, 11) is 0. The van der Waals surface area contributed by atoms with Crippen LogP contribution in [0.25, 0.3) is 0 Å². The molecule has 2 atom stereocenters. The maximum absolute atomic E-state index is 13.1. The molecule has 2 rings (SSSR count). The van der Waals surface area contributed by atoms with Crippen molar-refractivity contribution in [1.29, 1.82) is 0 Å². The van der Waals surface area contributed by atoms with E-state index < -0.39 is 16.4 Å². The van der Waals surface area contributed by atoms with Gasteiger partial charge < -0.3 is 9.64 Å². The van der Waals surface area contributed by atoms with Gasteiger partial charge in [0, 0.05) is 18.5 Å². The lowest BCUT2D eigenvalue weighted by Gasteiger charge is -2.39. The van der Waals surface area contributed by atoms with Crippen molar-refractivity contribution in [2.24, 2.45) is 10.8 Å². The predicted octanol–water partition coefficient (Wildman–Crippen LogP) is 2.76. The topological polar surface area (TPSA) is 46.6 Å². The van der Waals surface area contributed by atoms with E-state index in [0.717, 1.165) is 32.4 Å². The van der Waals surface area contributed by atoms with E-state index in [0.29, 0.717) is 6.42 Å². The monoisotopic (exact) mass is 281 g/mol. The highest BCUT2D eigenvalue weighted by molar-refractivity contribution is 5.96.